The minimum Gasteiger partial charge on any atom is -0.228 e. The van der Waals surface area contributed by atoms with Crippen molar-refractivity contribution in [1.29, 1.82) is 5.26 Å². The van der Waals surface area contributed by atoms with Crippen LogP contribution in [-0.2, 0) is 5.75 Å². The van der Waals surface area contributed by atoms with Crippen LogP contribution in [0.3, 0.4) is 0 Å². The molecule has 17 heavy (non-hydrogen) atoms. The predicted octanol–water partition coefficient (Wildman–Crippen LogP) is 2.95. The van der Waals surface area contributed by atoms with Gasteiger partial charge in [0.05, 0.1) is 0 Å². The average molecular weight is 241 g/mol. The lowest BCUT2D eigenvalue weighted by Gasteiger charge is -2.02. The number of nitrogens with zero attached hydrogens (tertiary/aromatic N) is 3. The standard InChI is InChI=1S/C13H11N3S/c1-10-7-12(8-14)16-13(15-10)17-9-11-5-3-2-4-6-11/h2-7H,9H2,1H3. The SMILES string of the molecule is Cc1cc(C#N)nc(SCc2ccccc2)n1. The molecule has 0 fully saturated rings. The molecule has 0 bridgehead atoms. The Bertz CT molecular complexity index is 546. The Morgan fingerprint density at radius 3 is 2.71 bits per heavy atom. The quantitative estimate of drug-likeness (QED) is 0.612. The highest BCUT2D eigenvalue weighted by Gasteiger charge is 2.02. The lowest BCUT2D eigenvalue weighted by Crippen LogP contribution is -1.93. The molecule has 3 nitrogen and oxygen atoms in total. The van der Waals surface area contributed by atoms with Gasteiger partial charge < -0.3 is 0 Å². The smallest absolute Gasteiger partial charge is 0.189 e. The van der Waals surface area contributed by atoms with Crippen molar-refractivity contribution in [3.63, 3.8) is 0 Å². The molecule has 1 aromatic carbocycles. The van der Waals surface area contributed by atoms with E-state index in [2.05, 4.69) is 22.1 Å². The lowest BCUT2D eigenvalue weighted by atomic mass is 10.2. The first kappa shape index (κ1) is 11.6. The van der Waals surface area contributed by atoms with Gasteiger partial charge in [-0.25, -0.2) is 9.97 Å². The van der Waals surface area contributed by atoms with Crippen molar-refractivity contribution in [2.24, 2.45) is 0 Å². The van der Waals surface area contributed by atoms with Gasteiger partial charge in [-0.05, 0) is 18.6 Å². The fourth-order valence-corrected chi connectivity index (χ4v) is 2.24. The van der Waals surface area contributed by atoms with E-state index in [1.54, 1.807) is 17.8 Å². The van der Waals surface area contributed by atoms with Crippen LogP contribution in [-0.4, -0.2) is 9.97 Å². The Morgan fingerprint density at radius 1 is 1.24 bits per heavy atom. The van der Waals surface area contributed by atoms with E-state index in [1.165, 1.54) is 5.56 Å². The van der Waals surface area contributed by atoms with E-state index in [4.69, 9.17) is 5.26 Å². The van der Waals surface area contributed by atoms with Crippen LogP contribution in [0.25, 0.3) is 0 Å². The van der Waals surface area contributed by atoms with Crippen molar-refractivity contribution in [3.05, 3.63) is 53.3 Å². The highest BCUT2D eigenvalue weighted by atomic mass is 32.2. The third-order valence-electron chi connectivity index (χ3n) is 2.16. The number of hydrogen-bond donors (Lipinski definition) is 0. The van der Waals surface area contributed by atoms with Crippen LogP contribution < -0.4 is 0 Å². The van der Waals surface area contributed by atoms with Crippen LogP contribution in [0.5, 0.6) is 0 Å². The lowest BCUT2D eigenvalue weighted by molar-refractivity contribution is 0.919. The topological polar surface area (TPSA) is 49.6 Å². The maximum Gasteiger partial charge on any atom is 0.189 e. The molecule has 0 aliphatic carbocycles. The van der Waals surface area contributed by atoms with E-state index >= 15 is 0 Å². The van der Waals surface area contributed by atoms with Gasteiger partial charge in [-0.1, -0.05) is 42.1 Å². The molecule has 0 spiro atoms. The molecule has 2 aromatic rings. The molecular weight excluding hydrogens is 230 g/mol. The summed E-state index contributed by atoms with van der Waals surface area (Å²) in [6, 6.07) is 13.9. The van der Waals surface area contributed by atoms with Gasteiger partial charge in [-0.15, -0.1) is 0 Å². The fraction of sp³-hybridized carbons (Fsp3) is 0.154. The van der Waals surface area contributed by atoms with Crippen molar-refractivity contribution in [3.8, 4) is 6.07 Å². The Morgan fingerprint density at radius 2 is 2.00 bits per heavy atom. The first-order valence-corrected chi connectivity index (χ1v) is 6.19. The van der Waals surface area contributed by atoms with Crippen LogP contribution >= 0.6 is 11.8 Å². The number of rotatable bonds is 3. The minimum absolute atomic E-state index is 0.424. The van der Waals surface area contributed by atoms with E-state index in [0.29, 0.717) is 10.9 Å². The molecule has 0 unspecified atom stereocenters. The van der Waals surface area contributed by atoms with Gasteiger partial charge in [0.15, 0.2) is 5.16 Å². The molecule has 4 heteroatoms. The third kappa shape index (κ3) is 3.30. The molecule has 84 valence electrons. The van der Waals surface area contributed by atoms with Crippen molar-refractivity contribution >= 4 is 11.8 Å². The second kappa shape index (κ2) is 5.46. The second-order valence-electron chi connectivity index (χ2n) is 3.56. The first-order valence-electron chi connectivity index (χ1n) is 5.20. The molecule has 1 aromatic heterocycles. The Balaban J connectivity index is 2.10. The summed E-state index contributed by atoms with van der Waals surface area (Å²) in [7, 11) is 0. The van der Waals surface area contributed by atoms with Gasteiger partial charge in [-0.3, -0.25) is 0 Å². The van der Waals surface area contributed by atoms with Crippen molar-refractivity contribution in [1.82, 2.24) is 9.97 Å². The van der Waals surface area contributed by atoms with Crippen LogP contribution in [0.4, 0.5) is 0 Å². The molecule has 0 saturated carbocycles. The fourth-order valence-electron chi connectivity index (χ4n) is 1.39. The van der Waals surface area contributed by atoms with Gasteiger partial charge in [0, 0.05) is 11.4 Å². The van der Waals surface area contributed by atoms with Crippen molar-refractivity contribution < 1.29 is 0 Å². The van der Waals surface area contributed by atoms with E-state index in [-0.39, 0.29) is 0 Å². The Kier molecular flexibility index (Phi) is 3.73. The Labute approximate surface area is 105 Å². The van der Waals surface area contributed by atoms with E-state index < -0.39 is 0 Å². The summed E-state index contributed by atoms with van der Waals surface area (Å²) in [6.45, 7) is 1.87. The maximum absolute atomic E-state index is 8.82. The largest absolute Gasteiger partial charge is 0.228 e. The van der Waals surface area contributed by atoms with Crippen LogP contribution in [0.1, 0.15) is 17.0 Å². The van der Waals surface area contributed by atoms with E-state index in [0.717, 1.165) is 11.4 Å². The molecule has 1 heterocycles. The zero-order valence-electron chi connectivity index (χ0n) is 9.42. The number of aryl methyl sites for hydroxylation is 1. The van der Waals surface area contributed by atoms with Gasteiger partial charge in [-0.2, -0.15) is 5.26 Å². The molecule has 2 rings (SSSR count). The predicted molar refractivity (Wildman–Crippen MR) is 67.5 cm³/mol. The monoisotopic (exact) mass is 241 g/mol. The molecule has 0 amide bonds. The van der Waals surface area contributed by atoms with Crippen LogP contribution in [0, 0.1) is 18.3 Å². The van der Waals surface area contributed by atoms with Gasteiger partial charge in [0.1, 0.15) is 11.8 Å². The first-order chi connectivity index (χ1) is 8.28. The number of thioether (sulfide) groups is 1. The summed E-state index contributed by atoms with van der Waals surface area (Å²) in [5, 5.41) is 9.48. The zero-order valence-corrected chi connectivity index (χ0v) is 10.2. The van der Waals surface area contributed by atoms with Gasteiger partial charge in [0.25, 0.3) is 0 Å². The summed E-state index contributed by atoms with van der Waals surface area (Å²) in [5.74, 6) is 0.815. The van der Waals surface area contributed by atoms with E-state index in [1.807, 2.05) is 31.2 Å². The second-order valence-corrected chi connectivity index (χ2v) is 4.51. The summed E-state index contributed by atoms with van der Waals surface area (Å²) in [6.07, 6.45) is 0. The molecule has 0 saturated heterocycles. The number of nitriles is 1. The highest BCUT2D eigenvalue weighted by molar-refractivity contribution is 7.98. The van der Waals surface area contributed by atoms with Crippen LogP contribution in [0.2, 0.25) is 0 Å². The molecule has 0 radical (unpaired) electrons. The maximum atomic E-state index is 8.82. The molecule has 0 aliphatic heterocycles. The Hall–Kier alpha value is -1.86. The van der Waals surface area contributed by atoms with E-state index in [9.17, 15) is 0 Å². The number of hydrogen-bond acceptors (Lipinski definition) is 4. The van der Waals surface area contributed by atoms with Crippen molar-refractivity contribution in [2.75, 3.05) is 0 Å². The zero-order chi connectivity index (χ0) is 12.1. The molecule has 0 atom stereocenters. The number of aromatic nitrogens is 2. The van der Waals surface area contributed by atoms with Gasteiger partial charge in [0.2, 0.25) is 0 Å². The molecular formula is C13H11N3S. The average Bonchev–Trinajstić information content (AvgIpc) is 2.37. The molecule has 0 N–H and O–H groups in total. The summed E-state index contributed by atoms with van der Waals surface area (Å²) in [5.41, 5.74) is 2.47. The summed E-state index contributed by atoms with van der Waals surface area (Å²) >= 11 is 1.54. The summed E-state index contributed by atoms with van der Waals surface area (Å²) in [4.78, 5) is 8.46. The van der Waals surface area contributed by atoms with Crippen molar-refractivity contribution in [2.45, 2.75) is 17.8 Å². The minimum atomic E-state index is 0.424. The van der Waals surface area contributed by atoms with Gasteiger partial charge >= 0.3 is 0 Å². The third-order valence-corrected chi connectivity index (χ3v) is 3.08. The highest BCUT2D eigenvalue weighted by Crippen LogP contribution is 2.19. The summed E-state index contributed by atoms with van der Waals surface area (Å²) < 4.78 is 0. The van der Waals surface area contributed by atoms with Crippen LogP contribution in [0.15, 0.2) is 41.6 Å². The number of benzene rings is 1. The molecule has 0 aliphatic rings. The normalized spacial score (nSPS) is 9.88.